The average molecular weight is 285 g/mol. The quantitative estimate of drug-likeness (QED) is 0.910. The van der Waals surface area contributed by atoms with Crippen LogP contribution in [0.5, 0.6) is 0 Å². The number of nitrogens with one attached hydrogen (secondary N) is 1. The first-order chi connectivity index (χ1) is 9.15. The molecule has 6 heteroatoms. The van der Waals surface area contributed by atoms with Gasteiger partial charge in [0.25, 0.3) is 5.56 Å². The van der Waals surface area contributed by atoms with E-state index in [-0.39, 0.29) is 10.6 Å². The first-order valence-corrected chi connectivity index (χ1v) is 7.22. The van der Waals surface area contributed by atoms with Crippen LogP contribution in [0.2, 0.25) is 5.02 Å². The van der Waals surface area contributed by atoms with Crippen LogP contribution in [0.1, 0.15) is 26.2 Å². The zero-order valence-corrected chi connectivity index (χ0v) is 12.3. The predicted octanol–water partition coefficient (Wildman–Crippen LogP) is 1.49. The average Bonchev–Trinajstić information content (AvgIpc) is 2.45. The number of aromatic nitrogens is 2. The van der Waals surface area contributed by atoms with Crippen LogP contribution in [-0.4, -0.2) is 36.0 Å². The first-order valence-electron chi connectivity index (χ1n) is 6.84. The van der Waals surface area contributed by atoms with Crippen molar-refractivity contribution >= 4 is 17.3 Å². The number of likely N-dealkylation sites (N-methyl/N-ethyl adjacent to an activating group) is 1. The topological polar surface area (TPSA) is 50.2 Å². The van der Waals surface area contributed by atoms with E-state index in [1.807, 2.05) is 14.0 Å². The van der Waals surface area contributed by atoms with Gasteiger partial charge in [0, 0.05) is 26.2 Å². The Bertz CT molecular complexity index is 482. The summed E-state index contributed by atoms with van der Waals surface area (Å²) in [6.45, 7) is 4.60. The summed E-state index contributed by atoms with van der Waals surface area (Å²) in [7, 11) is 1.98. The van der Waals surface area contributed by atoms with Crippen LogP contribution in [0.3, 0.4) is 0 Å². The molecular weight excluding hydrogens is 264 g/mol. The molecule has 0 amide bonds. The fourth-order valence-corrected chi connectivity index (χ4v) is 2.71. The van der Waals surface area contributed by atoms with Gasteiger partial charge >= 0.3 is 0 Å². The molecule has 19 heavy (non-hydrogen) atoms. The number of piperidine rings is 1. The Morgan fingerprint density at radius 2 is 2.42 bits per heavy atom. The van der Waals surface area contributed by atoms with Crippen LogP contribution < -0.4 is 15.8 Å². The number of anilines is 1. The van der Waals surface area contributed by atoms with Gasteiger partial charge in [-0.25, -0.2) is 4.68 Å². The van der Waals surface area contributed by atoms with E-state index in [9.17, 15) is 4.79 Å². The third-order valence-corrected chi connectivity index (χ3v) is 3.96. The minimum absolute atomic E-state index is 0.198. The summed E-state index contributed by atoms with van der Waals surface area (Å²) in [6.07, 6.45) is 4.82. The predicted molar refractivity (Wildman–Crippen MR) is 78.1 cm³/mol. The van der Waals surface area contributed by atoms with Crippen LogP contribution in [0.25, 0.3) is 0 Å². The van der Waals surface area contributed by atoms with Crippen molar-refractivity contribution in [2.45, 2.75) is 38.8 Å². The lowest BCUT2D eigenvalue weighted by molar-refractivity contribution is 0.444. The summed E-state index contributed by atoms with van der Waals surface area (Å²) >= 11 is 6.21. The highest BCUT2D eigenvalue weighted by atomic mass is 35.5. The summed E-state index contributed by atoms with van der Waals surface area (Å²) in [5.74, 6) is 0. The van der Waals surface area contributed by atoms with Crippen molar-refractivity contribution in [1.82, 2.24) is 15.1 Å². The molecule has 5 nitrogen and oxygen atoms in total. The van der Waals surface area contributed by atoms with Crippen molar-refractivity contribution in [1.29, 1.82) is 0 Å². The Labute approximate surface area is 118 Å². The number of hydrogen-bond acceptors (Lipinski definition) is 4. The summed E-state index contributed by atoms with van der Waals surface area (Å²) in [5.41, 5.74) is 0.532. The molecule has 0 spiro atoms. The molecule has 1 aromatic heterocycles. The van der Waals surface area contributed by atoms with Crippen LogP contribution >= 0.6 is 11.6 Å². The van der Waals surface area contributed by atoms with Gasteiger partial charge in [-0.15, -0.1) is 0 Å². The van der Waals surface area contributed by atoms with Crippen molar-refractivity contribution in [3.8, 4) is 0 Å². The number of nitrogens with zero attached hydrogens (tertiary/aromatic N) is 3. The number of halogens is 1. The second-order valence-electron chi connectivity index (χ2n) is 4.98. The van der Waals surface area contributed by atoms with E-state index in [4.69, 9.17) is 11.6 Å². The van der Waals surface area contributed by atoms with Gasteiger partial charge in [0.05, 0.1) is 11.9 Å². The highest BCUT2D eigenvalue weighted by Gasteiger charge is 2.21. The normalized spacial score (nSPS) is 19.4. The van der Waals surface area contributed by atoms with E-state index in [0.717, 1.165) is 38.0 Å². The number of hydrogen-bond donors (Lipinski definition) is 1. The zero-order valence-electron chi connectivity index (χ0n) is 11.5. The lowest BCUT2D eigenvalue weighted by Crippen LogP contribution is -2.45. The molecule has 0 aromatic carbocycles. The van der Waals surface area contributed by atoms with Crippen molar-refractivity contribution in [2.75, 3.05) is 25.0 Å². The second-order valence-corrected chi connectivity index (χ2v) is 5.36. The summed E-state index contributed by atoms with van der Waals surface area (Å²) in [4.78, 5) is 14.2. The summed E-state index contributed by atoms with van der Waals surface area (Å²) in [6, 6.07) is 0.370. The van der Waals surface area contributed by atoms with Gasteiger partial charge < -0.3 is 10.2 Å². The highest BCUT2D eigenvalue weighted by molar-refractivity contribution is 6.33. The van der Waals surface area contributed by atoms with Gasteiger partial charge in [0.15, 0.2) is 0 Å². The number of aryl methyl sites for hydroxylation is 1. The van der Waals surface area contributed by atoms with Crippen LogP contribution in [0, 0.1) is 0 Å². The van der Waals surface area contributed by atoms with Gasteiger partial charge in [-0.2, -0.15) is 5.10 Å². The molecule has 1 aliphatic rings. The van der Waals surface area contributed by atoms with E-state index >= 15 is 0 Å². The molecule has 0 aliphatic carbocycles. The Hall–Kier alpha value is -1.07. The molecule has 2 rings (SSSR count). The van der Waals surface area contributed by atoms with E-state index < -0.39 is 0 Å². The van der Waals surface area contributed by atoms with Crippen LogP contribution in [-0.2, 0) is 6.54 Å². The molecule has 1 saturated heterocycles. The van der Waals surface area contributed by atoms with E-state index in [1.54, 1.807) is 6.20 Å². The smallest absolute Gasteiger partial charge is 0.287 e. The molecule has 1 N–H and O–H groups in total. The molecule has 1 fully saturated rings. The van der Waals surface area contributed by atoms with Crippen LogP contribution in [0.4, 0.5) is 5.69 Å². The van der Waals surface area contributed by atoms with Crippen LogP contribution in [0.15, 0.2) is 11.0 Å². The van der Waals surface area contributed by atoms with E-state index in [1.165, 1.54) is 4.68 Å². The molecule has 1 atom stereocenters. The maximum Gasteiger partial charge on any atom is 0.287 e. The van der Waals surface area contributed by atoms with Crippen molar-refractivity contribution < 1.29 is 0 Å². The molecule has 1 aromatic rings. The molecule has 0 radical (unpaired) electrons. The maximum atomic E-state index is 12.1. The lowest BCUT2D eigenvalue weighted by atomic mass is 10.1. The molecule has 0 saturated carbocycles. The third-order valence-electron chi connectivity index (χ3n) is 3.60. The highest BCUT2D eigenvalue weighted by Crippen LogP contribution is 2.23. The minimum atomic E-state index is -0.198. The lowest BCUT2D eigenvalue weighted by Gasteiger charge is -2.33. The third kappa shape index (κ3) is 3.09. The second kappa shape index (κ2) is 6.39. The number of rotatable bonds is 4. The molecule has 1 aliphatic heterocycles. The van der Waals surface area contributed by atoms with Gasteiger partial charge in [-0.1, -0.05) is 18.5 Å². The molecule has 1 unspecified atom stereocenters. The van der Waals surface area contributed by atoms with Gasteiger partial charge in [0.1, 0.15) is 5.02 Å². The molecular formula is C13H21ClN4O. The summed E-state index contributed by atoms with van der Waals surface area (Å²) in [5, 5.41) is 7.84. The van der Waals surface area contributed by atoms with Crippen molar-refractivity contribution in [2.24, 2.45) is 0 Å². The minimum Gasteiger partial charge on any atom is -0.368 e. The SMILES string of the molecule is CCCn1ncc(N(C)C2CCCNC2)c(Cl)c1=O. The Balaban J connectivity index is 2.24. The fourth-order valence-electron chi connectivity index (χ4n) is 2.43. The van der Waals surface area contributed by atoms with Gasteiger partial charge in [-0.05, 0) is 25.8 Å². The molecule has 2 heterocycles. The maximum absolute atomic E-state index is 12.1. The summed E-state index contributed by atoms with van der Waals surface area (Å²) < 4.78 is 1.43. The Morgan fingerprint density at radius 1 is 1.63 bits per heavy atom. The van der Waals surface area contributed by atoms with E-state index in [0.29, 0.717) is 12.6 Å². The zero-order chi connectivity index (χ0) is 13.8. The fraction of sp³-hybridized carbons (Fsp3) is 0.692. The Kier molecular flexibility index (Phi) is 4.82. The molecule has 0 bridgehead atoms. The standard InChI is InChI=1S/C13H21ClN4O/c1-3-7-18-13(19)12(14)11(9-16-18)17(2)10-5-4-6-15-8-10/h9-10,15H,3-8H2,1-2H3. The van der Waals surface area contributed by atoms with Crippen molar-refractivity contribution in [3.05, 3.63) is 21.6 Å². The van der Waals surface area contributed by atoms with Gasteiger partial charge in [-0.3, -0.25) is 4.79 Å². The largest absolute Gasteiger partial charge is 0.368 e. The first kappa shape index (κ1) is 14.3. The monoisotopic (exact) mass is 284 g/mol. The Morgan fingerprint density at radius 3 is 3.05 bits per heavy atom. The van der Waals surface area contributed by atoms with E-state index in [2.05, 4.69) is 15.3 Å². The van der Waals surface area contributed by atoms with Gasteiger partial charge in [0.2, 0.25) is 0 Å². The molecule has 106 valence electrons. The van der Waals surface area contributed by atoms with Crippen molar-refractivity contribution in [3.63, 3.8) is 0 Å².